The molecular weight excluding hydrogens is 240 g/mol. The Morgan fingerprint density at radius 1 is 1.32 bits per heavy atom. The van der Waals surface area contributed by atoms with Gasteiger partial charge in [-0.15, -0.1) is 0 Å². The number of rotatable bonds is 5. The highest BCUT2D eigenvalue weighted by Gasteiger charge is 2.15. The van der Waals surface area contributed by atoms with Gasteiger partial charge in [-0.05, 0) is 37.1 Å². The van der Waals surface area contributed by atoms with Crippen LogP contribution in [0.15, 0.2) is 30.3 Å². The molecule has 0 aliphatic carbocycles. The van der Waals surface area contributed by atoms with Crippen LogP contribution in [-0.4, -0.2) is 21.5 Å². The molecule has 2 rings (SSSR count). The Bertz CT molecular complexity index is 532. The lowest BCUT2D eigenvalue weighted by molar-refractivity contribution is 0.209. The van der Waals surface area contributed by atoms with Crippen LogP contribution in [0.25, 0.3) is 0 Å². The van der Waals surface area contributed by atoms with E-state index in [0.29, 0.717) is 6.61 Å². The van der Waals surface area contributed by atoms with E-state index < -0.39 is 6.10 Å². The first kappa shape index (κ1) is 13.6. The molecule has 1 unspecified atom stereocenters. The molecule has 102 valence electrons. The Morgan fingerprint density at radius 3 is 2.53 bits per heavy atom. The zero-order chi connectivity index (χ0) is 13.8. The van der Waals surface area contributed by atoms with E-state index in [9.17, 15) is 5.11 Å². The van der Waals surface area contributed by atoms with Gasteiger partial charge >= 0.3 is 0 Å². The molecule has 1 atom stereocenters. The molecule has 0 aliphatic rings. The van der Waals surface area contributed by atoms with Crippen LogP contribution in [-0.2, 0) is 7.05 Å². The number of aliphatic hydroxyl groups is 1. The molecule has 0 amide bonds. The number of aliphatic hydroxyl groups excluding tert-OH is 1. The first-order chi connectivity index (χ1) is 9.11. The third kappa shape index (κ3) is 3.15. The van der Waals surface area contributed by atoms with Crippen LogP contribution in [0, 0.1) is 6.92 Å². The SMILES string of the molecule is CCCOc1ccc(C(O)c2cc(C)nn2C)cc1. The number of hydrogen-bond acceptors (Lipinski definition) is 3. The smallest absolute Gasteiger partial charge is 0.121 e. The summed E-state index contributed by atoms with van der Waals surface area (Å²) in [6.07, 6.45) is 0.324. The lowest BCUT2D eigenvalue weighted by Crippen LogP contribution is -2.06. The van der Waals surface area contributed by atoms with Gasteiger partial charge < -0.3 is 9.84 Å². The van der Waals surface area contributed by atoms with Crippen molar-refractivity contribution in [3.8, 4) is 5.75 Å². The summed E-state index contributed by atoms with van der Waals surface area (Å²) in [5.41, 5.74) is 2.53. The Morgan fingerprint density at radius 2 is 2.00 bits per heavy atom. The van der Waals surface area contributed by atoms with Gasteiger partial charge in [-0.2, -0.15) is 5.10 Å². The molecule has 1 N–H and O–H groups in total. The maximum Gasteiger partial charge on any atom is 0.121 e. The molecule has 0 saturated heterocycles. The second-order valence-corrected chi connectivity index (χ2v) is 4.65. The standard InChI is InChI=1S/C15H20N2O2/c1-4-9-19-13-7-5-12(6-8-13)15(18)14-10-11(2)16-17(14)3/h5-8,10,15,18H,4,9H2,1-3H3. The van der Waals surface area contributed by atoms with Crippen molar-refractivity contribution in [1.82, 2.24) is 9.78 Å². The van der Waals surface area contributed by atoms with Gasteiger partial charge in [0, 0.05) is 7.05 Å². The van der Waals surface area contributed by atoms with Crippen molar-refractivity contribution in [3.63, 3.8) is 0 Å². The summed E-state index contributed by atoms with van der Waals surface area (Å²) in [6.45, 7) is 4.70. The van der Waals surface area contributed by atoms with E-state index in [4.69, 9.17) is 4.74 Å². The molecule has 0 bridgehead atoms. The maximum absolute atomic E-state index is 10.4. The topological polar surface area (TPSA) is 47.3 Å². The predicted molar refractivity (Wildman–Crippen MR) is 74.2 cm³/mol. The molecule has 19 heavy (non-hydrogen) atoms. The molecule has 1 aromatic carbocycles. The highest BCUT2D eigenvalue weighted by molar-refractivity contribution is 5.32. The van der Waals surface area contributed by atoms with E-state index in [2.05, 4.69) is 12.0 Å². The number of aromatic nitrogens is 2. The molecule has 0 radical (unpaired) electrons. The highest BCUT2D eigenvalue weighted by Crippen LogP contribution is 2.24. The van der Waals surface area contributed by atoms with Gasteiger partial charge in [-0.25, -0.2) is 0 Å². The molecule has 1 aromatic heterocycles. The molecule has 0 aliphatic heterocycles. The summed E-state index contributed by atoms with van der Waals surface area (Å²) < 4.78 is 7.23. The quantitative estimate of drug-likeness (QED) is 0.899. The van der Waals surface area contributed by atoms with Crippen LogP contribution in [0.2, 0.25) is 0 Å². The first-order valence-electron chi connectivity index (χ1n) is 6.53. The Balaban J connectivity index is 2.15. The van der Waals surface area contributed by atoms with Crippen LogP contribution in [0.5, 0.6) is 5.75 Å². The van der Waals surface area contributed by atoms with E-state index in [1.54, 1.807) is 4.68 Å². The third-order valence-corrected chi connectivity index (χ3v) is 2.99. The Hall–Kier alpha value is -1.81. The van der Waals surface area contributed by atoms with Crippen molar-refractivity contribution in [2.24, 2.45) is 7.05 Å². The normalized spacial score (nSPS) is 12.4. The van der Waals surface area contributed by atoms with Gasteiger partial charge in [0.25, 0.3) is 0 Å². The van der Waals surface area contributed by atoms with E-state index in [1.165, 1.54) is 0 Å². The fourth-order valence-electron chi connectivity index (χ4n) is 2.02. The molecule has 4 nitrogen and oxygen atoms in total. The summed E-state index contributed by atoms with van der Waals surface area (Å²) in [7, 11) is 1.84. The summed E-state index contributed by atoms with van der Waals surface area (Å²) in [5.74, 6) is 0.832. The summed E-state index contributed by atoms with van der Waals surface area (Å²) in [6, 6.07) is 9.44. The van der Waals surface area contributed by atoms with Gasteiger partial charge in [0.15, 0.2) is 0 Å². The fraction of sp³-hybridized carbons (Fsp3) is 0.400. The van der Waals surface area contributed by atoms with Crippen molar-refractivity contribution in [2.75, 3.05) is 6.61 Å². The number of hydrogen-bond donors (Lipinski definition) is 1. The minimum atomic E-state index is -0.661. The van der Waals surface area contributed by atoms with E-state index in [-0.39, 0.29) is 0 Å². The maximum atomic E-state index is 10.4. The molecule has 0 saturated carbocycles. The zero-order valence-electron chi connectivity index (χ0n) is 11.6. The molecule has 4 heteroatoms. The lowest BCUT2D eigenvalue weighted by Gasteiger charge is -2.12. The van der Waals surface area contributed by atoms with Gasteiger partial charge in [-0.3, -0.25) is 4.68 Å². The van der Waals surface area contributed by atoms with Crippen molar-refractivity contribution in [2.45, 2.75) is 26.4 Å². The summed E-state index contributed by atoms with van der Waals surface area (Å²) in [4.78, 5) is 0. The van der Waals surface area contributed by atoms with Crippen LogP contribution < -0.4 is 4.74 Å². The van der Waals surface area contributed by atoms with E-state index >= 15 is 0 Å². The Labute approximate surface area is 113 Å². The first-order valence-corrected chi connectivity index (χ1v) is 6.53. The lowest BCUT2D eigenvalue weighted by atomic mass is 10.1. The van der Waals surface area contributed by atoms with Crippen LogP contribution in [0.4, 0.5) is 0 Å². The van der Waals surface area contributed by atoms with E-state index in [1.807, 2.05) is 44.3 Å². The molecule has 2 aromatic rings. The number of benzene rings is 1. The third-order valence-electron chi connectivity index (χ3n) is 2.99. The highest BCUT2D eigenvalue weighted by atomic mass is 16.5. The number of ether oxygens (including phenoxy) is 1. The van der Waals surface area contributed by atoms with Crippen molar-refractivity contribution >= 4 is 0 Å². The van der Waals surface area contributed by atoms with Crippen molar-refractivity contribution < 1.29 is 9.84 Å². The average Bonchev–Trinajstić information content (AvgIpc) is 2.75. The van der Waals surface area contributed by atoms with Gasteiger partial charge in [-0.1, -0.05) is 19.1 Å². The minimum Gasteiger partial charge on any atom is -0.494 e. The van der Waals surface area contributed by atoms with Gasteiger partial charge in [0.2, 0.25) is 0 Å². The average molecular weight is 260 g/mol. The second kappa shape index (κ2) is 5.89. The van der Waals surface area contributed by atoms with Gasteiger partial charge in [0.05, 0.1) is 18.0 Å². The minimum absolute atomic E-state index is 0.661. The predicted octanol–water partition coefficient (Wildman–Crippen LogP) is 2.60. The molecule has 0 fully saturated rings. The van der Waals surface area contributed by atoms with E-state index in [0.717, 1.165) is 29.1 Å². The molecule has 0 spiro atoms. The largest absolute Gasteiger partial charge is 0.494 e. The summed E-state index contributed by atoms with van der Waals surface area (Å²) in [5, 5.41) is 14.6. The van der Waals surface area contributed by atoms with Crippen molar-refractivity contribution in [3.05, 3.63) is 47.3 Å². The van der Waals surface area contributed by atoms with Crippen LogP contribution in [0.3, 0.4) is 0 Å². The monoisotopic (exact) mass is 260 g/mol. The van der Waals surface area contributed by atoms with Crippen LogP contribution >= 0.6 is 0 Å². The van der Waals surface area contributed by atoms with Crippen LogP contribution in [0.1, 0.15) is 36.4 Å². The second-order valence-electron chi connectivity index (χ2n) is 4.65. The van der Waals surface area contributed by atoms with Gasteiger partial charge in [0.1, 0.15) is 11.9 Å². The number of nitrogens with zero attached hydrogens (tertiary/aromatic N) is 2. The Kier molecular flexibility index (Phi) is 4.22. The summed E-state index contributed by atoms with van der Waals surface area (Å²) >= 11 is 0. The fourth-order valence-corrected chi connectivity index (χ4v) is 2.02. The number of aryl methyl sites for hydroxylation is 2. The zero-order valence-corrected chi connectivity index (χ0v) is 11.6. The molecular formula is C15H20N2O2. The van der Waals surface area contributed by atoms with Crippen molar-refractivity contribution in [1.29, 1.82) is 0 Å². The molecule has 1 heterocycles.